The van der Waals surface area contributed by atoms with Gasteiger partial charge < -0.3 is 9.32 Å². The second-order valence-corrected chi connectivity index (χ2v) is 6.59. The first kappa shape index (κ1) is 15.8. The lowest BCUT2D eigenvalue weighted by Crippen LogP contribution is -2.53. The number of carbonyl (C=O) groups excluding carboxylic acids is 1. The lowest BCUT2D eigenvalue weighted by Gasteiger charge is -2.39. The molecule has 0 saturated carbocycles. The normalized spacial score (nSPS) is 18.6. The predicted octanol–water partition coefficient (Wildman–Crippen LogP) is 3.17. The molecule has 1 amide bonds. The summed E-state index contributed by atoms with van der Waals surface area (Å²) in [5, 5.41) is 0.887. The summed E-state index contributed by atoms with van der Waals surface area (Å²) >= 11 is 0. The van der Waals surface area contributed by atoms with Gasteiger partial charge in [0.25, 0.3) is 5.91 Å². The van der Waals surface area contributed by atoms with Gasteiger partial charge in [-0.15, -0.1) is 0 Å². The van der Waals surface area contributed by atoms with Crippen LogP contribution in [0.3, 0.4) is 0 Å². The number of carbonyl (C=O) groups is 1. The van der Waals surface area contributed by atoms with E-state index in [1.54, 1.807) is 12.5 Å². The van der Waals surface area contributed by atoms with E-state index < -0.39 is 0 Å². The number of hydrogen-bond donors (Lipinski definition) is 0. The zero-order valence-electron chi connectivity index (χ0n) is 14.3. The van der Waals surface area contributed by atoms with Crippen molar-refractivity contribution in [2.45, 2.75) is 19.5 Å². The van der Waals surface area contributed by atoms with Crippen LogP contribution in [0, 0.1) is 0 Å². The highest BCUT2D eigenvalue weighted by Gasteiger charge is 2.29. The van der Waals surface area contributed by atoms with Crippen molar-refractivity contribution < 1.29 is 9.21 Å². The van der Waals surface area contributed by atoms with Crippen LogP contribution in [-0.2, 0) is 6.54 Å². The van der Waals surface area contributed by atoms with E-state index in [1.807, 2.05) is 41.4 Å². The molecule has 1 fully saturated rings. The van der Waals surface area contributed by atoms with Gasteiger partial charge in [0.1, 0.15) is 11.8 Å². The Morgan fingerprint density at radius 1 is 1.24 bits per heavy atom. The first-order chi connectivity index (χ1) is 12.2. The fourth-order valence-electron chi connectivity index (χ4n) is 3.53. The standard InChI is InChI=1S/C20H21N3O2/c1-15-12-22(13-16-5-4-8-21-11-16)9-10-23(15)20(24)18-14-25-19-7-3-2-6-17(18)19/h2-8,11,14-15H,9-10,12-13H2,1H3/t15-/m0/s1. The summed E-state index contributed by atoms with van der Waals surface area (Å²) < 4.78 is 5.53. The van der Waals surface area contributed by atoms with Crippen LogP contribution >= 0.6 is 0 Å². The molecule has 0 spiro atoms. The molecule has 25 heavy (non-hydrogen) atoms. The SMILES string of the molecule is C[C@H]1CN(Cc2cccnc2)CCN1C(=O)c1coc2ccccc12. The van der Waals surface area contributed by atoms with Crippen molar-refractivity contribution in [2.24, 2.45) is 0 Å². The van der Waals surface area contributed by atoms with Gasteiger partial charge in [-0.05, 0) is 24.6 Å². The molecule has 0 aliphatic carbocycles. The van der Waals surface area contributed by atoms with Crippen LogP contribution in [-0.4, -0.2) is 46.4 Å². The van der Waals surface area contributed by atoms with Crippen LogP contribution in [0.2, 0.25) is 0 Å². The zero-order valence-corrected chi connectivity index (χ0v) is 14.3. The minimum Gasteiger partial charge on any atom is -0.463 e. The van der Waals surface area contributed by atoms with Gasteiger partial charge in [0.05, 0.1) is 5.56 Å². The maximum Gasteiger partial charge on any atom is 0.258 e. The molecule has 1 atom stereocenters. The van der Waals surface area contributed by atoms with Crippen molar-refractivity contribution in [3.63, 3.8) is 0 Å². The Balaban J connectivity index is 1.46. The number of furan rings is 1. The average molecular weight is 335 g/mol. The Morgan fingerprint density at radius 3 is 2.92 bits per heavy atom. The number of hydrogen-bond acceptors (Lipinski definition) is 4. The van der Waals surface area contributed by atoms with Crippen molar-refractivity contribution >= 4 is 16.9 Å². The lowest BCUT2D eigenvalue weighted by atomic mass is 10.1. The molecule has 128 valence electrons. The number of benzene rings is 1. The number of aromatic nitrogens is 1. The van der Waals surface area contributed by atoms with Crippen molar-refractivity contribution in [1.29, 1.82) is 0 Å². The monoisotopic (exact) mass is 335 g/mol. The van der Waals surface area contributed by atoms with E-state index in [9.17, 15) is 4.79 Å². The van der Waals surface area contributed by atoms with Crippen LogP contribution in [0.5, 0.6) is 0 Å². The maximum atomic E-state index is 13.0. The van der Waals surface area contributed by atoms with Crippen LogP contribution in [0.25, 0.3) is 11.0 Å². The average Bonchev–Trinajstić information content (AvgIpc) is 3.06. The highest BCUT2D eigenvalue weighted by atomic mass is 16.3. The molecule has 0 radical (unpaired) electrons. The fraction of sp³-hybridized carbons (Fsp3) is 0.300. The molecule has 3 aromatic rings. The number of rotatable bonds is 3. The molecule has 1 aliphatic heterocycles. The van der Waals surface area contributed by atoms with Crippen LogP contribution < -0.4 is 0 Å². The highest BCUT2D eigenvalue weighted by Crippen LogP contribution is 2.24. The lowest BCUT2D eigenvalue weighted by molar-refractivity contribution is 0.0476. The van der Waals surface area contributed by atoms with E-state index >= 15 is 0 Å². The Bertz CT molecular complexity index is 875. The van der Waals surface area contributed by atoms with E-state index in [-0.39, 0.29) is 11.9 Å². The molecular formula is C20H21N3O2. The minimum atomic E-state index is 0.0541. The van der Waals surface area contributed by atoms with Gasteiger partial charge in [-0.3, -0.25) is 14.7 Å². The number of nitrogens with zero attached hydrogens (tertiary/aromatic N) is 3. The molecular weight excluding hydrogens is 314 g/mol. The first-order valence-electron chi connectivity index (χ1n) is 8.61. The number of pyridine rings is 1. The summed E-state index contributed by atoms with van der Waals surface area (Å²) in [7, 11) is 0. The molecule has 5 heteroatoms. The summed E-state index contributed by atoms with van der Waals surface area (Å²) in [5.41, 5.74) is 2.62. The van der Waals surface area contributed by atoms with Gasteiger partial charge >= 0.3 is 0 Å². The van der Waals surface area contributed by atoms with Crippen molar-refractivity contribution in [2.75, 3.05) is 19.6 Å². The summed E-state index contributed by atoms with van der Waals surface area (Å²) in [6.45, 7) is 5.42. The predicted molar refractivity (Wildman–Crippen MR) is 96.2 cm³/mol. The van der Waals surface area contributed by atoms with E-state index in [2.05, 4.69) is 22.9 Å². The molecule has 1 aliphatic rings. The van der Waals surface area contributed by atoms with Gasteiger partial charge in [-0.1, -0.05) is 24.3 Å². The summed E-state index contributed by atoms with van der Waals surface area (Å²) in [6, 6.07) is 11.9. The van der Waals surface area contributed by atoms with Crippen LogP contribution in [0.4, 0.5) is 0 Å². The Kier molecular flexibility index (Phi) is 4.24. The van der Waals surface area contributed by atoms with E-state index in [0.29, 0.717) is 5.56 Å². The molecule has 4 rings (SSSR count). The van der Waals surface area contributed by atoms with Crippen molar-refractivity contribution in [1.82, 2.24) is 14.8 Å². The molecule has 0 bridgehead atoms. The molecule has 2 aromatic heterocycles. The van der Waals surface area contributed by atoms with Crippen LogP contribution in [0.15, 0.2) is 59.5 Å². The van der Waals surface area contributed by atoms with Gasteiger partial charge in [-0.25, -0.2) is 0 Å². The molecule has 0 unspecified atom stereocenters. The maximum absolute atomic E-state index is 13.0. The number of piperazine rings is 1. The van der Waals surface area contributed by atoms with Gasteiger partial charge in [-0.2, -0.15) is 0 Å². The summed E-state index contributed by atoms with van der Waals surface area (Å²) in [6.07, 6.45) is 5.28. The highest BCUT2D eigenvalue weighted by molar-refractivity contribution is 6.06. The largest absolute Gasteiger partial charge is 0.463 e. The molecule has 3 heterocycles. The van der Waals surface area contributed by atoms with Crippen molar-refractivity contribution in [3.05, 3.63) is 66.2 Å². The molecule has 5 nitrogen and oxygen atoms in total. The minimum absolute atomic E-state index is 0.0541. The second-order valence-electron chi connectivity index (χ2n) is 6.59. The second kappa shape index (κ2) is 6.69. The quantitative estimate of drug-likeness (QED) is 0.738. The van der Waals surface area contributed by atoms with Crippen molar-refractivity contribution in [3.8, 4) is 0 Å². The first-order valence-corrected chi connectivity index (χ1v) is 8.61. The Morgan fingerprint density at radius 2 is 2.12 bits per heavy atom. The third-order valence-electron chi connectivity index (χ3n) is 4.81. The smallest absolute Gasteiger partial charge is 0.258 e. The number of amides is 1. The Labute approximate surface area is 146 Å². The molecule has 1 saturated heterocycles. The van der Waals surface area contributed by atoms with Gasteiger partial charge in [0, 0.05) is 50.0 Å². The van der Waals surface area contributed by atoms with E-state index in [0.717, 1.165) is 37.1 Å². The summed E-state index contributed by atoms with van der Waals surface area (Å²) in [4.78, 5) is 21.5. The van der Waals surface area contributed by atoms with E-state index in [1.165, 1.54) is 5.56 Å². The third-order valence-corrected chi connectivity index (χ3v) is 4.81. The molecule has 0 N–H and O–H groups in total. The van der Waals surface area contributed by atoms with Crippen LogP contribution in [0.1, 0.15) is 22.8 Å². The molecule has 1 aromatic carbocycles. The van der Waals surface area contributed by atoms with E-state index in [4.69, 9.17) is 4.42 Å². The summed E-state index contributed by atoms with van der Waals surface area (Å²) in [5.74, 6) is 0.0541. The number of para-hydroxylation sites is 1. The Hall–Kier alpha value is -2.66. The van der Waals surface area contributed by atoms with Gasteiger partial charge in [0.15, 0.2) is 0 Å². The topological polar surface area (TPSA) is 49.6 Å². The third kappa shape index (κ3) is 3.15. The fourth-order valence-corrected chi connectivity index (χ4v) is 3.53. The number of fused-ring (bicyclic) bond motifs is 1. The zero-order chi connectivity index (χ0) is 17.2. The van der Waals surface area contributed by atoms with Gasteiger partial charge in [0.2, 0.25) is 0 Å².